The lowest BCUT2D eigenvalue weighted by Gasteiger charge is -2.07. The van der Waals surface area contributed by atoms with Crippen LogP contribution in [-0.2, 0) is 0 Å². The second-order valence-corrected chi connectivity index (χ2v) is 3.92. The number of fused-ring (bicyclic) bond motifs is 1. The smallest absolute Gasteiger partial charge is 0.180 e. The van der Waals surface area contributed by atoms with Gasteiger partial charge >= 0.3 is 0 Å². The van der Waals surface area contributed by atoms with Gasteiger partial charge in [-0.15, -0.1) is 0 Å². The quantitative estimate of drug-likeness (QED) is 0.805. The van der Waals surface area contributed by atoms with E-state index in [1.807, 2.05) is 16.8 Å². The van der Waals surface area contributed by atoms with Crippen LogP contribution in [0.1, 0.15) is 25.5 Å². The predicted octanol–water partition coefficient (Wildman–Crippen LogP) is 1.02. The monoisotopic (exact) mass is 219 g/mol. The van der Waals surface area contributed by atoms with E-state index >= 15 is 0 Å². The first-order chi connectivity index (χ1) is 7.72. The van der Waals surface area contributed by atoms with Crippen LogP contribution in [-0.4, -0.2) is 27.5 Å². The van der Waals surface area contributed by atoms with Crippen LogP contribution in [0.25, 0.3) is 5.65 Å². The molecular weight excluding hydrogens is 202 g/mol. The maximum Gasteiger partial charge on any atom is 0.180 e. The van der Waals surface area contributed by atoms with Crippen molar-refractivity contribution in [1.82, 2.24) is 19.7 Å². The Labute approximate surface area is 94.7 Å². The molecule has 16 heavy (non-hydrogen) atoms. The first kappa shape index (κ1) is 10.9. The fraction of sp³-hybridized carbons (Fsp3) is 0.455. The van der Waals surface area contributed by atoms with Crippen LogP contribution in [0, 0.1) is 0 Å². The van der Waals surface area contributed by atoms with Crippen LogP contribution in [0.4, 0.5) is 5.82 Å². The number of nitrogens with zero attached hydrogens (tertiary/aromatic N) is 3. The summed E-state index contributed by atoms with van der Waals surface area (Å²) in [4.78, 5) is 8.52. The van der Waals surface area contributed by atoms with Crippen molar-refractivity contribution in [3.63, 3.8) is 0 Å². The molecule has 0 aromatic carbocycles. The van der Waals surface area contributed by atoms with Crippen LogP contribution in [0.2, 0.25) is 0 Å². The molecular formula is C11H17N5. The molecule has 1 unspecified atom stereocenters. The number of nitrogens with one attached hydrogen (secondary N) is 1. The summed E-state index contributed by atoms with van der Waals surface area (Å²) in [5.41, 5.74) is 7.54. The molecule has 2 rings (SSSR count). The number of nitrogens with two attached hydrogens (primary N) is 1. The van der Waals surface area contributed by atoms with E-state index in [-0.39, 0.29) is 0 Å². The van der Waals surface area contributed by atoms with Crippen LogP contribution < -0.4 is 11.1 Å². The number of rotatable bonds is 4. The SMILES string of the molecule is CCNCC(C)c1cn2ccnc(N)c2n1. The second kappa shape index (κ2) is 4.49. The number of imidazole rings is 1. The zero-order valence-electron chi connectivity index (χ0n) is 9.64. The number of likely N-dealkylation sites (N-methyl/N-ethyl adjacent to an activating group) is 1. The highest BCUT2D eigenvalue weighted by molar-refractivity contribution is 5.59. The molecule has 5 nitrogen and oxygen atoms in total. The van der Waals surface area contributed by atoms with Crippen molar-refractivity contribution in [3.05, 3.63) is 24.3 Å². The zero-order valence-corrected chi connectivity index (χ0v) is 9.64. The minimum atomic E-state index is 0.374. The van der Waals surface area contributed by atoms with E-state index in [0.717, 1.165) is 24.4 Å². The molecule has 3 N–H and O–H groups in total. The minimum absolute atomic E-state index is 0.374. The van der Waals surface area contributed by atoms with Gasteiger partial charge in [0.2, 0.25) is 0 Å². The Hall–Kier alpha value is -1.62. The van der Waals surface area contributed by atoms with E-state index in [2.05, 4.69) is 29.1 Å². The highest BCUT2D eigenvalue weighted by Crippen LogP contribution is 2.16. The van der Waals surface area contributed by atoms with Gasteiger partial charge in [0.25, 0.3) is 0 Å². The molecule has 2 aromatic rings. The van der Waals surface area contributed by atoms with E-state index < -0.39 is 0 Å². The maximum absolute atomic E-state index is 5.76. The van der Waals surface area contributed by atoms with Crippen LogP contribution >= 0.6 is 0 Å². The lowest BCUT2D eigenvalue weighted by atomic mass is 10.1. The molecule has 0 aliphatic carbocycles. The van der Waals surface area contributed by atoms with Gasteiger partial charge in [-0.1, -0.05) is 13.8 Å². The van der Waals surface area contributed by atoms with Gasteiger partial charge < -0.3 is 15.5 Å². The van der Waals surface area contributed by atoms with Crippen molar-refractivity contribution in [2.24, 2.45) is 0 Å². The molecule has 0 radical (unpaired) electrons. The molecule has 0 spiro atoms. The molecule has 0 fully saturated rings. The van der Waals surface area contributed by atoms with Crippen molar-refractivity contribution in [1.29, 1.82) is 0 Å². The number of aromatic nitrogens is 3. The lowest BCUT2D eigenvalue weighted by molar-refractivity contribution is 0.625. The van der Waals surface area contributed by atoms with E-state index in [1.54, 1.807) is 6.20 Å². The first-order valence-corrected chi connectivity index (χ1v) is 5.52. The summed E-state index contributed by atoms with van der Waals surface area (Å²) in [5.74, 6) is 0.851. The summed E-state index contributed by atoms with van der Waals surface area (Å²) >= 11 is 0. The molecule has 0 saturated carbocycles. The lowest BCUT2D eigenvalue weighted by Crippen LogP contribution is -2.19. The first-order valence-electron chi connectivity index (χ1n) is 5.52. The standard InChI is InChI=1S/C11H17N5/c1-3-13-6-8(2)9-7-16-5-4-14-10(12)11(16)15-9/h4-5,7-8,13H,3,6H2,1-2H3,(H2,12,14). The van der Waals surface area contributed by atoms with Crippen LogP contribution in [0.3, 0.4) is 0 Å². The zero-order chi connectivity index (χ0) is 11.5. The summed E-state index contributed by atoms with van der Waals surface area (Å²) < 4.78 is 1.92. The fourth-order valence-electron chi connectivity index (χ4n) is 1.66. The molecule has 0 aliphatic heterocycles. The van der Waals surface area contributed by atoms with E-state index in [4.69, 9.17) is 5.73 Å². The van der Waals surface area contributed by atoms with E-state index in [0.29, 0.717) is 11.7 Å². The molecule has 2 aromatic heterocycles. The Morgan fingerprint density at radius 3 is 3.06 bits per heavy atom. The average molecular weight is 219 g/mol. The van der Waals surface area contributed by atoms with Crippen LogP contribution in [0.5, 0.6) is 0 Å². The summed E-state index contributed by atoms with van der Waals surface area (Å²) in [6.45, 7) is 6.14. The second-order valence-electron chi connectivity index (χ2n) is 3.92. The number of anilines is 1. The van der Waals surface area contributed by atoms with Gasteiger partial charge in [-0.25, -0.2) is 9.97 Å². The summed E-state index contributed by atoms with van der Waals surface area (Å²) in [6.07, 6.45) is 5.56. The van der Waals surface area contributed by atoms with Gasteiger partial charge in [-0.3, -0.25) is 0 Å². The number of nitrogen functional groups attached to an aromatic ring is 1. The highest BCUT2D eigenvalue weighted by atomic mass is 15.1. The van der Waals surface area contributed by atoms with Gasteiger partial charge in [0.05, 0.1) is 5.69 Å². The predicted molar refractivity (Wildman–Crippen MR) is 64.4 cm³/mol. The normalized spacial score (nSPS) is 13.1. The Kier molecular flexibility index (Phi) is 3.05. The molecule has 0 bridgehead atoms. The Bertz CT molecular complexity index is 476. The van der Waals surface area contributed by atoms with Crippen LogP contribution in [0.15, 0.2) is 18.6 Å². The summed E-state index contributed by atoms with van der Waals surface area (Å²) in [6, 6.07) is 0. The maximum atomic E-state index is 5.76. The molecule has 2 heterocycles. The third-order valence-electron chi connectivity index (χ3n) is 2.63. The Morgan fingerprint density at radius 1 is 1.56 bits per heavy atom. The Balaban J connectivity index is 2.29. The van der Waals surface area contributed by atoms with Gasteiger partial charge in [0.1, 0.15) is 0 Å². The molecule has 0 saturated heterocycles. The number of hydrogen-bond acceptors (Lipinski definition) is 4. The fourth-order valence-corrected chi connectivity index (χ4v) is 1.66. The van der Waals surface area contributed by atoms with Gasteiger partial charge in [-0.2, -0.15) is 0 Å². The van der Waals surface area contributed by atoms with Gasteiger partial charge in [0, 0.05) is 31.1 Å². The van der Waals surface area contributed by atoms with Crippen molar-refractivity contribution >= 4 is 11.5 Å². The third-order valence-corrected chi connectivity index (χ3v) is 2.63. The van der Waals surface area contributed by atoms with Crippen molar-refractivity contribution in [2.45, 2.75) is 19.8 Å². The average Bonchev–Trinajstić information content (AvgIpc) is 2.71. The topological polar surface area (TPSA) is 68.2 Å². The van der Waals surface area contributed by atoms with Gasteiger partial charge in [-0.05, 0) is 6.54 Å². The van der Waals surface area contributed by atoms with Crippen molar-refractivity contribution in [3.8, 4) is 0 Å². The molecule has 86 valence electrons. The van der Waals surface area contributed by atoms with E-state index in [9.17, 15) is 0 Å². The summed E-state index contributed by atoms with van der Waals surface area (Å²) in [5, 5.41) is 3.31. The molecule has 5 heteroatoms. The highest BCUT2D eigenvalue weighted by Gasteiger charge is 2.11. The van der Waals surface area contributed by atoms with E-state index in [1.165, 1.54) is 0 Å². The molecule has 0 aliphatic rings. The summed E-state index contributed by atoms with van der Waals surface area (Å²) in [7, 11) is 0. The van der Waals surface area contributed by atoms with Gasteiger partial charge in [0.15, 0.2) is 11.5 Å². The van der Waals surface area contributed by atoms with Crippen molar-refractivity contribution in [2.75, 3.05) is 18.8 Å². The number of hydrogen-bond donors (Lipinski definition) is 2. The minimum Gasteiger partial charge on any atom is -0.381 e. The molecule has 1 atom stereocenters. The molecule has 0 amide bonds. The largest absolute Gasteiger partial charge is 0.381 e. The Morgan fingerprint density at radius 2 is 2.38 bits per heavy atom. The van der Waals surface area contributed by atoms with Crippen molar-refractivity contribution < 1.29 is 0 Å². The third kappa shape index (κ3) is 1.99.